The molecule has 0 spiro atoms. The van der Waals surface area contributed by atoms with Gasteiger partial charge in [0.25, 0.3) is 5.91 Å². The molecule has 1 aromatic rings. The van der Waals surface area contributed by atoms with E-state index in [0.29, 0.717) is 30.6 Å². The molecule has 0 saturated heterocycles. The summed E-state index contributed by atoms with van der Waals surface area (Å²) in [5.41, 5.74) is 11.9. The van der Waals surface area contributed by atoms with E-state index in [9.17, 15) is 19.2 Å². The second kappa shape index (κ2) is 10.9. The van der Waals surface area contributed by atoms with Gasteiger partial charge in [-0.1, -0.05) is 6.07 Å². The molecule has 1 rings (SSSR count). The van der Waals surface area contributed by atoms with Crippen LogP contribution < -0.4 is 22.1 Å². The summed E-state index contributed by atoms with van der Waals surface area (Å²) in [5.74, 6) is -1.52. The Bertz CT molecular complexity index is 620. The lowest BCUT2D eigenvalue weighted by molar-refractivity contribution is -0.151. The number of rotatable bonds is 10. The largest absolute Gasteiger partial charge is 0.395 e. The number of ether oxygens (including phenoxy) is 1. The molecule has 0 unspecified atom stereocenters. The van der Waals surface area contributed by atoms with E-state index in [1.54, 1.807) is 18.2 Å². The van der Waals surface area contributed by atoms with Crippen LogP contribution in [0.2, 0.25) is 0 Å². The van der Waals surface area contributed by atoms with Crippen LogP contribution in [0.15, 0.2) is 24.3 Å². The average molecular weight is 350 g/mol. The summed E-state index contributed by atoms with van der Waals surface area (Å²) in [7, 11) is 0. The molecule has 9 heteroatoms. The maximum absolute atomic E-state index is 12.0. The molecule has 6 N–H and O–H groups in total. The van der Waals surface area contributed by atoms with Crippen molar-refractivity contribution < 1.29 is 23.9 Å². The van der Waals surface area contributed by atoms with Crippen LogP contribution in [0.3, 0.4) is 0 Å². The van der Waals surface area contributed by atoms with Crippen LogP contribution in [0, 0.1) is 0 Å². The molecule has 2 amide bonds. The minimum atomic E-state index is -0.734. The third kappa shape index (κ3) is 7.55. The van der Waals surface area contributed by atoms with Gasteiger partial charge < -0.3 is 26.8 Å². The zero-order chi connectivity index (χ0) is 18.7. The number of anilines is 1. The molecule has 0 aliphatic rings. The normalized spacial score (nSPS) is 11.3. The number of esters is 1. The fourth-order valence-corrected chi connectivity index (χ4v) is 1.93. The Morgan fingerprint density at radius 2 is 2.04 bits per heavy atom. The summed E-state index contributed by atoms with van der Waals surface area (Å²) < 4.78 is 4.10. The molecule has 0 bridgehead atoms. The second-order valence-corrected chi connectivity index (χ2v) is 5.20. The predicted molar refractivity (Wildman–Crippen MR) is 90.4 cm³/mol. The van der Waals surface area contributed by atoms with Crippen LogP contribution >= 0.6 is 0 Å². The van der Waals surface area contributed by atoms with Crippen molar-refractivity contribution in [3.8, 4) is 0 Å². The van der Waals surface area contributed by atoms with Crippen molar-refractivity contribution >= 4 is 29.9 Å². The van der Waals surface area contributed by atoms with Crippen molar-refractivity contribution in [2.75, 3.05) is 18.4 Å². The van der Waals surface area contributed by atoms with Gasteiger partial charge >= 0.3 is 12.4 Å². The number of nitrogens with two attached hydrogens (primary N) is 2. The van der Waals surface area contributed by atoms with E-state index in [-0.39, 0.29) is 25.3 Å². The Hall–Kier alpha value is -2.78. The second-order valence-electron chi connectivity index (χ2n) is 5.20. The highest BCUT2D eigenvalue weighted by Crippen LogP contribution is 2.11. The Balaban J connectivity index is 2.56. The zero-order valence-corrected chi connectivity index (χ0v) is 13.7. The summed E-state index contributed by atoms with van der Waals surface area (Å²) >= 11 is 0. The van der Waals surface area contributed by atoms with E-state index in [4.69, 9.17) is 11.5 Å². The van der Waals surface area contributed by atoms with E-state index in [1.165, 1.54) is 6.07 Å². The smallest absolute Gasteiger partial charge is 0.315 e. The Kier molecular flexibility index (Phi) is 8.83. The zero-order valence-electron chi connectivity index (χ0n) is 13.7. The minimum absolute atomic E-state index is 0.0199. The molecule has 25 heavy (non-hydrogen) atoms. The third-order valence-corrected chi connectivity index (χ3v) is 3.24. The first-order valence-electron chi connectivity index (χ1n) is 7.75. The summed E-state index contributed by atoms with van der Waals surface area (Å²) in [5, 5.41) is 5.15. The number of hydrogen-bond acceptors (Lipinski definition) is 7. The van der Waals surface area contributed by atoms with E-state index in [2.05, 4.69) is 15.4 Å². The molecular formula is C16H22N4O5. The van der Waals surface area contributed by atoms with E-state index >= 15 is 0 Å². The lowest BCUT2D eigenvalue weighted by atomic mass is 10.1. The number of amides is 2. The van der Waals surface area contributed by atoms with Gasteiger partial charge in [-0.2, -0.15) is 0 Å². The fourth-order valence-electron chi connectivity index (χ4n) is 1.93. The van der Waals surface area contributed by atoms with Crippen molar-refractivity contribution in [1.29, 1.82) is 0 Å². The molecule has 136 valence electrons. The first-order valence-corrected chi connectivity index (χ1v) is 7.75. The molecule has 0 saturated carbocycles. The number of hydrogen-bond donors (Lipinski definition) is 4. The number of carbonyl (C=O) groups is 4. The Morgan fingerprint density at radius 3 is 2.72 bits per heavy atom. The van der Waals surface area contributed by atoms with Gasteiger partial charge in [-0.15, -0.1) is 0 Å². The van der Waals surface area contributed by atoms with Crippen LogP contribution in [0.5, 0.6) is 0 Å². The summed E-state index contributed by atoms with van der Waals surface area (Å²) in [6, 6.07) is 5.61. The molecule has 0 radical (unpaired) electrons. The van der Waals surface area contributed by atoms with E-state index < -0.39 is 17.9 Å². The van der Waals surface area contributed by atoms with Crippen molar-refractivity contribution in [3.05, 3.63) is 29.8 Å². The summed E-state index contributed by atoms with van der Waals surface area (Å²) in [6.45, 7) is 0.512. The van der Waals surface area contributed by atoms with Crippen molar-refractivity contribution in [3.63, 3.8) is 0 Å². The van der Waals surface area contributed by atoms with Gasteiger partial charge in [0.2, 0.25) is 5.91 Å². The van der Waals surface area contributed by atoms with Gasteiger partial charge in [0.15, 0.2) is 0 Å². The lowest BCUT2D eigenvalue weighted by Gasteiger charge is -2.12. The average Bonchev–Trinajstić information content (AvgIpc) is 2.59. The van der Waals surface area contributed by atoms with Crippen LogP contribution in [-0.2, 0) is 19.1 Å². The van der Waals surface area contributed by atoms with Crippen molar-refractivity contribution in [2.24, 2.45) is 11.5 Å². The van der Waals surface area contributed by atoms with Crippen molar-refractivity contribution in [2.45, 2.75) is 25.3 Å². The molecule has 1 atom stereocenters. The van der Waals surface area contributed by atoms with Crippen LogP contribution in [0.1, 0.15) is 29.6 Å². The third-order valence-electron chi connectivity index (χ3n) is 3.24. The van der Waals surface area contributed by atoms with Gasteiger partial charge in [-0.05, 0) is 37.6 Å². The number of carbonyl (C=O) groups excluding carboxylic acids is 4. The highest BCUT2D eigenvalue weighted by atomic mass is 16.6. The van der Waals surface area contributed by atoms with Gasteiger partial charge in [0.05, 0.1) is 12.5 Å². The first kappa shape index (κ1) is 20.3. The van der Waals surface area contributed by atoms with Crippen LogP contribution in [0.25, 0.3) is 0 Å². The number of benzene rings is 1. The maximum Gasteiger partial charge on any atom is 0.315 e. The van der Waals surface area contributed by atoms with E-state index in [0.717, 1.165) is 0 Å². The van der Waals surface area contributed by atoms with Gasteiger partial charge in [-0.3, -0.25) is 19.2 Å². The van der Waals surface area contributed by atoms with Crippen molar-refractivity contribution in [1.82, 2.24) is 5.32 Å². The van der Waals surface area contributed by atoms with Gasteiger partial charge in [-0.25, -0.2) is 0 Å². The summed E-state index contributed by atoms with van der Waals surface area (Å²) in [6.07, 6.45) is 0.986. The first-order chi connectivity index (χ1) is 12.0. The standard InChI is InChI=1S/C16H22N4O5/c17-7-2-5-13(18)16(24)20-12-4-1-3-11(9-12)15(23)19-8-6-14(22)25-10-21/h1,3-4,9-10,13H,2,5-8,17-18H2,(H,19,23)(H,20,24)/t13-/m1/s1. The lowest BCUT2D eigenvalue weighted by Crippen LogP contribution is -2.36. The van der Waals surface area contributed by atoms with Crippen LogP contribution in [0.4, 0.5) is 5.69 Å². The highest BCUT2D eigenvalue weighted by molar-refractivity contribution is 5.98. The number of nitrogens with one attached hydrogen (secondary N) is 2. The highest BCUT2D eigenvalue weighted by Gasteiger charge is 2.14. The quantitative estimate of drug-likeness (QED) is 0.252. The molecule has 9 nitrogen and oxygen atoms in total. The molecule has 0 aliphatic heterocycles. The Morgan fingerprint density at radius 1 is 1.28 bits per heavy atom. The fraction of sp³-hybridized carbons (Fsp3) is 0.375. The van der Waals surface area contributed by atoms with Gasteiger partial charge in [0.1, 0.15) is 0 Å². The summed E-state index contributed by atoms with van der Waals surface area (Å²) in [4.78, 5) is 45.0. The SMILES string of the molecule is NCCC[C@@H](N)C(=O)Nc1cccc(C(=O)NCCC(=O)OC=O)c1. The Labute approximate surface area is 145 Å². The van der Waals surface area contributed by atoms with Crippen LogP contribution in [-0.4, -0.2) is 43.4 Å². The predicted octanol–water partition coefficient (Wildman–Crippen LogP) is -0.489. The van der Waals surface area contributed by atoms with Gasteiger partial charge in [0, 0.05) is 17.8 Å². The van der Waals surface area contributed by atoms with E-state index in [1.807, 2.05) is 0 Å². The molecule has 1 aromatic carbocycles. The molecule has 0 aromatic heterocycles. The monoisotopic (exact) mass is 350 g/mol. The maximum atomic E-state index is 12.0. The molecular weight excluding hydrogens is 328 g/mol. The molecule has 0 aliphatic carbocycles. The molecule has 0 heterocycles. The molecule has 0 fully saturated rings. The minimum Gasteiger partial charge on any atom is -0.395 e. The topological polar surface area (TPSA) is 154 Å².